The number of nitrogens with one attached hydrogen (secondary N) is 1. The molecule has 0 atom stereocenters. The van der Waals surface area contributed by atoms with E-state index in [4.69, 9.17) is 0 Å². The van der Waals surface area contributed by atoms with E-state index in [1.54, 1.807) is 24.3 Å². The van der Waals surface area contributed by atoms with Crippen molar-refractivity contribution in [1.29, 1.82) is 0 Å². The van der Waals surface area contributed by atoms with Crippen LogP contribution < -0.4 is 5.32 Å². The Labute approximate surface area is 132 Å². The highest BCUT2D eigenvalue weighted by atomic mass is 32.2. The standard InChI is InChI=1S/C17H14N2O2S/c1-11-4-2-3-5-12(11)10-15-16(21)19-17(22-15)18-13-6-8-14(20)9-7-13/h2-10,20H,1H3,(H,18,19,21)/b15-10-. The number of amidine groups is 1. The molecule has 0 spiro atoms. The maximum atomic E-state index is 12.0. The average molecular weight is 310 g/mol. The molecule has 0 aromatic heterocycles. The molecule has 1 fully saturated rings. The Morgan fingerprint density at radius 1 is 1.14 bits per heavy atom. The van der Waals surface area contributed by atoms with Crippen LogP contribution in [-0.4, -0.2) is 16.2 Å². The van der Waals surface area contributed by atoms with Crippen LogP contribution in [0.15, 0.2) is 58.4 Å². The Morgan fingerprint density at radius 3 is 2.59 bits per heavy atom. The van der Waals surface area contributed by atoms with Crippen molar-refractivity contribution < 1.29 is 9.90 Å². The summed E-state index contributed by atoms with van der Waals surface area (Å²) in [6, 6.07) is 14.4. The Kier molecular flexibility index (Phi) is 3.98. The molecule has 1 heterocycles. The van der Waals surface area contributed by atoms with Crippen LogP contribution in [0.5, 0.6) is 5.75 Å². The Hall–Kier alpha value is -2.53. The zero-order valence-corrected chi connectivity index (χ0v) is 12.7. The first-order valence-corrected chi connectivity index (χ1v) is 7.58. The zero-order chi connectivity index (χ0) is 15.5. The molecule has 2 aromatic rings. The quantitative estimate of drug-likeness (QED) is 0.833. The second-order valence-electron chi connectivity index (χ2n) is 4.85. The van der Waals surface area contributed by atoms with Crippen LogP contribution >= 0.6 is 11.8 Å². The van der Waals surface area contributed by atoms with Gasteiger partial charge >= 0.3 is 0 Å². The van der Waals surface area contributed by atoms with Gasteiger partial charge in [-0.3, -0.25) is 4.79 Å². The lowest BCUT2D eigenvalue weighted by Gasteiger charge is -1.99. The number of nitrogens with zero attached hydrogens (tertiary/aromatic N) is 1. The minimum atomic E-state index is -0.147. The molecule has 1 aliphatic heterocycles. The third-order valence-corrected chi connectivity index (χ3v) is 4.12. The molecule has 1 saturated heterocycles. The second-order valence-corrected chi connectivity index (χ2v) is 5.89. The number of phenolic OH excluding ortho intramolecular Hbond substituents is 1. The van der Waals surface area contributed by atoms with Crippen molar-refractivity contribution in [1.82, 2.24) is 5.32 Å². The zero-order valence-electron chi connectivity index (χ0n) is 11.9. The topological polar surface area (TPSA) is 61.7 Å². The van der Waals surface area contributed by atoms with Gasteiger partial charge in [-0.05, 0) is 60.2 Å². The molecule has 0 radical (unpaired) electrons. The van der Waals surface area contributed by atoms with Gasteiger partial charge in [0.25, 0.3) is 5.91 Å². The lowest BCUT2D eigenvalue weighted by molar-refractivity contribution is -0.115. The van der Waals surface area contributed by atoms with Gasteiger partial charge in [-0.2, -0.15) is 0 Å². The number of carbonyl (C=O) groups is 1. The fourth-order valence-electron chi connectivity index (χ4n) is 2.01. The van der Waals surface area contributed by atoms with Crippen molar-refractivity contribution in [3.05, 3.63) is 64.6 Å². The molecule has 2 aromatic carbocycles. The lowest BCUT2D eigenvalue weighted by atomic mass is 10.1. The highest BCUT2D eigenvalue weighted by molar-refractivity contribution is 8.18. The smallest absolute Gasteiger partial charge is 0.264 e. The van der Waals surface area contributed by atoms with E-state index >= 15 is 0 Å². The number of rotatable bonds is 2. The van der Waals surface area contributed by atoms with Gasteiger partial charge in [0.2, 0.25) is 0 Å². The number of thioether (sulfide) groups is 1. The van der Waals surface area contributed by atoms with Crippen molar-refractivity contribution in [3.63, 3.8) is 0 Å². The number of benzene rings is 2. The van der Waals surface area contributed by atoms with Gasteiger partial charge in [-0.25, -0.2) is 4.99 Å². The third kappa shape index (κ3) is 3.20. The maximum absolute atomic E-state index is 12.0. The van der Waals surface area contributed by atoms with Gasteiger partial charge in [0.15, 0.2) is 5.17 Å². The van der Waals surface area contributed by atoms with E-state index in [1.165, 1.54) is 11.8 Å². The van der Waals surface area contributed by atoms with Crippen molar-refractivity contribution in [2.75, 3.05) is 0 Å². The molecule has 110 valence electrons. The minimum Gasteiger partial charge on any atom is -0.508 e. The lowest BCUT2D eigenvalue weighted by Crippen LogP contribution is -2.19. The minimum absolute atomic E-state index is 0.147. The van der Waals surface area contributed by atoms with Crippen LogP contribution in [0.3, 0.4) is 0 Å². The normalized spacial score (nSPS) is 18.0. The van der Waals surface area contributed by atoms with Crippen molar-refractivity contribution in [2.24, 2.45) is 4.99 Å². The van der Waals surface area contributed by atoms with Gasteiger partial charge < -0.3 is 10.4 Å². The van der Waals surface area contributed by atoms with E-state index in [0.717, 1.165) is 11.1 Å². The summed E-state index contributed by atoms with van der Waals surface area (Å²) in [7, 11) is 0. The monoisotopic (exact) mass is 310 g/mol. The molecular weight excluding hydrogens is 296 g/mol. The predicted molar refractivity (Wildman–Crippen MR) is 90.1 cm³/mol. The molecule has 2 N–H and O–H groups in total. The first-order valence-electron chi connectivity index (χ1n) is 6.76. The molecule has 0 bridgehead atoms. The van der Waals surface area contributed by atoms with E-state index in [2.05, 4.69) is 10.3 Å². The molecule has 1 aliphatic rings. The fraction of sp³-hybridized carbons (Fsp3) is 0.0588. The largest absolute Gasteiger partial charge is 0.508 e. The summed E-state index contributed by atoms with van der Waals surface area (Å²) in [6.45, 7) is 2.01. The van der Waals surface area contributed by atoms with Crippen LogP contribution in [0, 0.1) is 6.92 Å². The van der Waals surface area contributed by atoms with Crippen molar-refractivity contribution >= 4 is 34.6 Å². The van der Waals surface area contributed by atoms with E-state index in [-0.39, 0.29) is 11.7 Å². The Bertz CT molecular complexity index is 780. The SMILES string of the molecule is Cc1ccccc1/C=C1\SC(=Nc2ccc(O)cc2)NC1=O. The van der Waals surface area contributed by atoms with Gasteiger partial charge in [-0.1, -0.05) is 24.3 Å². The summed E-state index contributed by atoms with van der Waals surface area (Å²) in [4.78, 5) is 17.0. The summed E-state index contributed by atoms with van der Waals surface area (Å²) in [6.07, 6.45) is 1.87. The van der Waals surface area contributed by atoms with Crippen LogP contribution in [0.2, 0.25) is 0 Å². The molecule has 0 unspecified atom stereocenters. The number of hydrogen-bond donors (Lipinski definition) is 2. The fourth-order valence-corrected chi connectivity index (χ4v) is 2.85. The summed E-state index contributed by atoms with van der Waals surface area (Å²) in [5.74, 6) is 0.0398. The molecule has 22 heavy (non-hydrogen) atoms. The highest BCUT2D eigenvalue weighted by Gasteiger charge is 2.23. The van der Waals surface area contributed by atoms with Crippen molar-refractivity contribution in [2.45, 2.75) is 6.92 Å². The number of phenols is 1. The number of aryl methyl sites for hydroxylation is 1. The summed E-state index contributed by atoms with van der Waals surface area (Å²) in [5.41, 5.74) is 2.82. The molecule has 4 nitrogen and oxygen atoms in total. The third-order valence-electron chi connectivity index (χ3n) is 3.21. The first-order chi connectivity index (χ1) is 10.6. The first kappa shape index (κ1) is 14.4. The number of amides is 1. The van der Waals surface area contributed by atoms with E-state index in [1.807, 2.05) is 37.3 Å². The number of aliphatic imine (C=N–C) groups is 1. The Morgan fingerprint density at radius 2 is 1.86 bits per heavy atom. The van der Waals surface area contributed by atoms with Crippen LogP contribution in [-0.2, 0) is 4.79 Å². The molecule has 3 rings (SSSR count). The van der Waals surface area contributed by atoms with Gasteiger partial charge in [0.05, 0.1) is 10.6 Å². The van der Waals surface area contributed by atoms with Crippen LogP contribution in [0.4, 0.5) is 5.69 Å². The summed E-state index contributed by atoms with van der Waals surface area (Å²) < 4.78 is 0. The van der Waals surface area contributed by atoms with Gasteiger partial charge in [-0.15, -0.1) is 0 Å². The second kappa shape index (κ2) is 6.07. The van der Waals surface area contributed by atoms with Crippen molar-refractivity contribution in [3.8, 4) is 5.75 Å². The summed E-state index contributed by atoms with van der Waals surface area (Å²) >= 11 is 1.31. The molecular formula is C17H14N2O2S. The molecule has 1 amide bonds. The van der Waals surface area contributed by atoms with Gasteiger partial charge in [0.1, 0.15) is 5.75 Å². The van der Waals surface area contributed by atoms with E-state index in [9.17, 15) is 9.90 Å². The number of aromatic hydroxyl groups is 1. The number of hydrogen-bond acceptors (Lipinski definition) is 4. The average Bonchev–Trinajstić information content (AvgIpc) is 2.84. The highest BCUT2D eigenvalue weighted by Crippen LogP contribution is 2.29. The Balaban J connectivity index is 1.84. The van der Waals surface area contributed by atoms with Crippen LogP contribution in [0.25, 0.3) is 6.08 Å². The van der Waals surface area contributed by atoms with Gasteiger partial charge in [0, 0.05) is 0 Å². The van der Waals surface area contributed by atoms with Crippen LogP contribution in [0.1, 0.15) is 11.1 Å². The molecule has 0 saturated carbocycles. The summed E-state index contributed by atoms with van der Waals surface area (Å²) in [5, 5.41) is 12.5. The molecule has 5 heteroatoms. The van der Waals surface area contributed by atoms with E-state index < -0.39 is 0 Å². The molecule has 0 aliphatic carbocycles. The number of carbonyl (C=O) groups excluding carboxylic acids is 1. The predicted octanol–water partition coefficient (Wildman–Crippen LogP) is 3.59. The maximum Gasteiger partial charge on any atom is 0.264 e. The van der Waals surface area contributed by atoms with E-state index in [0.29, 0.717) is 15.8 Å².